The van der Waals surface area contributed by atoms with Crippen LogP contribution >= 0.6 is 0 Å². The van der Waals surface area contributed by atoms with Gasteiger partial charge in [-0.3, -0.25) is 5.32 Å². The molecular weight excluding hydrogens is 90.1 g/mol. The Hall–Kier alpha value is -0.880. The van der Waals surface area contributed by atoms with Gasteiger partial charge in [0.15, 0.2) is 6.67 Å². The minimum atomic E-state index is 0.500. The number of nitriles is 1. The summed E-state index contributed by atoms with van der Waals surface area (Å²) in [4.78, 5) is 3.55. The van der Waals surface area contributed by atoms with Crippen molar-refractivity contribution in [2.45, 2.75) is 0 Å². The van der Waals surface area contributed by atoms with Crippen LogP contribution in [-0.2, 0) is 0 Å². The minimum absolute atomic E-state index is 0.500. The van der Waals surface area contributed by atoms with Crippen LogP contribution in [0.15, 0.2) is 4.99 Å². The lowest BCUT2D eigenvalue weighted by Crippen LogP contribution is -2.08. The summed E-state index contributed by atoms with van der Waals surface area (Å²) in [6, 6.07) is 1.89. The molecule has 3 heteroatoms. The molecule has 0 saturated heterocycles. The van der Waals surface area contributed by atoms with Gasteiger partial charge in [-0.25, -0.2) is 4.99 Å². The Morgan fingerprint density at radius 3 is 3.14 bits per heavy atom. The van der Waals surface area contributed by atoms with Crippen molar-refractivity contribution in [2.75, 3.05) is 6.54 Å². The summed E-state index contributed by atoms with van der Waals surface area (Å²) in [5.74, 6) is 0. The van der Waals surface area contributed by atoms with Gasteiger partial charge in [-0.15, -0.1) is 0 Å². The predicted octanol–water partition coefficient (Wildman–Crippen LogP) is -0.450. The van der Waals surface area contributed by atoms with E-state index in [-0.39, 0.29) is 0 Å². The van der Waals surface area contributed by atoms with Gasteiger partial charge in [0, 0.05) is 0 Å². The van der Waals surface area contributed by atoms with E-state index < -0.39 is 0 Å². The molecule has 34 valence electrons. The summed E-state index contributed by atoms with van der Waals surface area (Å²) >= 11 is 0. The molecule has 0 spiro atoms. The van der Waals surface area contributed by atoms with Crippen molar-refractivity contribution < 1.29 is 0 Å². The highest BCUT2D eigenvalue weighted by atomic mass is 15.1. The van der Waals surface area contributed by atoms with Crippen molar-refractivity contribution in [3.8, 4) is 6.07 Å². The Labute approximate surface area is 41.7 Å². The highest BCUT2D eigenvalue weighted by molar-refractivity contribution is 6.01. The lowest BCUT2D eigenvalue weighted by Gasteiger charge is -1.76. The maximum atomic E-state index is 8.11. The van der Waals surface area contributed by atoms with E-state index in [4.69, 9.17) is 5.26 Å². The van der Waals surface area contributed by atoms with Crippen molar-refractivity contribution in [1.82, 2.24) is 5.32 Å². The van der Waals surface area contributed by atoms with Gasteiger partial charge in [0.1, 0.15) is 11.8 Å². The second-order valence-corrected chi connectivity index (χ2v) is 1.14. The molecule has 0 saturated carbocycles. The lowest BCUT2D eigenvalue weighted by atomic mass is 10.4. The molecule has 1 rings (SSSR count). The fourth-order valence-corrected chi connectivity index (χ4v) is 0.334. The van der Waals surface area contributed by atoms with Crippen LogP contribution in [0.25, 0.3) is 0 Å². The molecule has 0 aromatic heterocycles. The zero-order valence-corrected chi connectivity index (χ0v) is 3.60. The highest BCUT2D eigenvalue weighted by Crippen LogP contribution is 1.85. The molecule has 2 radical (unpaired) electrons. The number of hydrogen-bond donors (Lipinski definition) is 1. The first-order chi connectivity index (χ1) is 3.43. The number of rotatable bonds is 0. The van der Waals surface area contributed by atoms with Gasteiger partial charge in [-0.1, -0.05) is 0 Å². The molecule has 1 aliphatic heterocycles. The van der Waals surface area contributed by atoms with Crippen LogP contribution in [0.2, 0.25) is 0 Å². The van der Waals surface area contributed by atoms with Gasteiger partial charge in [0.25, 0.3) is 0 Å². The summed E-state index contributed by atoms with van der Waals surface area (Å²) in [6.07, 6.45) is 0. The van der Waals surface area contributed by atoms with Crippen LogP contribution in [0.3, 0.4) is 0 Å². The van der Waals surface area contributed by atoms with Gasteiger partial charge in [-0.2, -0.15) is 5.26 Å². The Balaban J connectivity index is 2.57. The van der Waals surface area contributed by atoms with Gasteiger partial charge < -0.3 is 0 Å². The summed E-state index contributed by atoms with van der Waals surface area (Å²) in [6.45, 7) is 2.98. The maximum Gasteiger partial charge on any atom is 0.197 e. The normalized spacial score (nSPS) is 18.4. The van der Waals surface area contributed by atoms with E-state index >= 15 is 0 Å². The van der Waals surface area contributed by atoms with Crippen LogP contribution in [0, 0.1) is 18.0 Å². The number of hydrogen-bond acceptors (Lipinski definition) is 3. The van der Waals surface area contributed by atoms with Crippen LogP contribution < -0.4 is 5.32 Å². The smallest absolute Gasteiger partial charge is 0.197 e. The van der Waals surface area contributed by atoms with Gasteiger partial charge in [0.05, 0.1) is 6.54 Å². The second kappa shape index (κ2) is 1.71. The van der Waals surface area contributed by atoms with E-state index in [1.165, 1.54) is 0 Å². The molecule has 0 aromatic carbocycles. The van der Waals surface area contributed by atoms with E-state index in [2.05, 4.69) is 17.0 Å². The molecule has 0 bridgehead atoms. The van der Waals surface area contributed by atoms with Crippen LogP contribution in [0.5, 0.6) is 0 Å². The van der Waals surface area contributed by atoms with E-state index in [0.717, 1.165) is 0 Å². The van der Waals surface area contributed by atoms with E-state index in [0.29, 0.717) is 12.3 Å². The number of aliphatic imine (C=N–C) groups is 1. The number of nitrogens with one attached hydrogen (secondary N) is 1. The van der Waals surface area contributed by atoms with Crippen LogP contribution in [-0.4, -0.2) is 12.3 Å². The van der Waals surface area contributed by atoms with Crippen molar-refractivity contribution in [2.24, 2.45) is 4.99 Å². The lowest BCUT2D eigenvalue weighted by molar-refractivity contribution is 0.964. The van der Waals surface area contributed by atoms with E-state index in [1.54, 1.807) is 0 Å². The Morgan fingerprint density at radius 1 is 2.00 bits per heavy atom. The molecule has 3 nitrogen and oxygen atoms in total. The summed E-state index contributed by atoms with van der Waals surface area (Å²) in [7, 11) is 0. The molecule has 0 aromatic rings. The maximum absolute atomic E-state index is 8.11. The fraction of sp³-hybridized carbons (Fsp3) is 0.250. The third-order valence-electron chi connectivity index (χ3n) is 0.655. The number of nitrogens with zero attached hydrogens (tertiary/aromatic N) is 2. The molecule has 7 heavy (non-hydrogen) atoms. The Kier molecular flexibility index (Phi) is 1.05. The molecular formula is C4H3N3. The first-order valence-electron chi connectivity index (χ1n) is 1.88. The Bertz CT molecular complexity index is 130. The van der Waals surface area contributed by atoms with Crippen LogP contribution in [0.1, 0.15) is 0 Å². The van der Waals surface area contributed by atoms with Gasteiger partial charge in [0.2, 0.25) is 0 Å². The molecule has 0 aliphatic carbocycles. The van der Waals surface area contributed by atoms with Crippen LogP contribution in [0.4, 0.5) is 0 Å². The van der Waals surface area contributed by atoms with Crippen molar-refractivity contribution in [1.29, 1.82) is 5.26 Å². The van der Waals surface area contributed by atoms with Gasteiger partial charge in [-0.05, 0) is 0 Å². The molecule has 1 N–H and O–H groups in total. The minimum Gasteiger partial charge on any atom is -0.280 e. The largest absolute Gasteiger partial charge is 0.280 e. The van der Waals surface area contributed by atoms with Crippen molar-refractivity contribution in [3.05, 3.63) is 6.67 Å². The zero-order chi connectivity index (χ0) is 5.11. The SMILES string of the molecule is N#CC1=N[C]NC1. The first-order valence-corrected chi connectivity index (χ1v) is 1.88. The monoisotopic (exact) mass is 93.0 g/mol. The summed E-state index contributed by atoms with van der Waals surface area (Å²) in [5.41, 5.74) is 0.500. The molecule has 1 heterocycles. The molecule has 0 amide bonds. The van der Waals surface area contributed by atoms with Crippen molar-refractivity contribution in [3.63, 3.8) is 0 Å². The Morgan fingerprint density at radius 2 is 2.86 bits per heavy atom. The van der Waals surface area contributed by atoms with Gasteiger partial charge >= 0.3 is 0 Å². The van der Waals surface area contributed by atoms with E-state index in [1.807, 2.05) is 6.07 Å². The first kappa shape index (κ1) is 4.28. The third kappa shape index (κ3) is 0.756. The average Bonchev–Trinajstić information content (AvgIpc) is 2.14. The summed E-state index contributed by atoms with van der Waals surface area (Å²) < 4.78 is 0. The van der Waals surface area contributed by atoms with Crippen molar-refractivity contribution >= 4 is 5.71 Å². The topological polar surface area (TPSA) is 48.2 Å². The third-order valence-corrected chi connectivity index (χ3v) is 0.655. The fourth-order valence-electron chi connectivity index (χ4n) is 0.334. The zero-order valence-electron chi connectivity index (χ0n) is 3.60. The second-order valence-electron chi connectivity index (χ2n) is 1.14. The predicted molar refractivity (Wildman–Crippen MR) is 24.3 cm³/mol. The quantitative estimate of drug-likeness (QED) is 0.441. The average molecular weight is 93.1 g/mol. The molecule has 0 fully saturated rings. The molecule has 0 unspecified atom stereocenters. The van der Waals surface area contributed by atoms with E-state index in [9.17, 15) is 0 Å². The highest BCUT2D eigenvalue weighted by Gasteiger charge is 2.02. The molecule has 0 atom stereocenters. The molecule has 1 aliphatic rings. The summed E-state index contributed by atoms with van der Waals surface area (Å²) in [5, 5.41) is 10.8. The standard InChI is InChI=1S/C4H3N3/c5-1-4-2-6-3-7-4/h6H,2H2.